The number of amides is 1. The van der Waals surface area contributed by atoms with Crippen LogP contribution in [-0.2, 0) is 4.79 Å². The van der Waals surface area contributed by atoms with Gasteiger partial charge in [0.15, 0.2) is 6.54 Å². The number of hydrogen-bond donors (Lipinski definition) is 2. The maximum absolute atomic E-state index is 12.1. The predicted octanol–water partition coefficient (Wildman–Crippen LogP) is 0.890. The van der Waals surface area contributed by atoms with E-state index in [1.807, 2.05) is 13.8 Å². The van der Waals surface area contributed by atoms with Crippen molar-refractivity contribution in [3.63, 3.8) is 0 Å². The third-order valence-electron chi connectivity index (χ3n) is 4.26. The molecule has 1 saturated heterocycles. The Bertz CT molecular complexity index is 327. The molecule has 2 N–H and O–H groups in total. The molecule has 0 saturated carbocycles. The van der Waals surface area contributed by atoms with Gasteiger partial charge in [0, 0.05) is 0 Å². The highest BCUT2D eigenvalue weighted by Gasteiger charge is 2.31. The van der Waals surface area contributed by atoms with E-state index in [9.17, 15) is 10.1 Å². The lowest BCUT2D eigenvalue weighted by atomic mass is 9.90. The van der Waals surface area contributed by atoms with Crippen molar-refractivity contribution in [3.05, 3.63) is 0 Å². The van der Waals surface area contributed by atoms with Crippen molar-refractivity contribution in [2.75, 3.05) is 19.6 Å². The number of rotatable bonds is 4. The van der Waals surface area contributed by atoms with Crippen LogP contribution in [0.2, 0.25) is 0 Å². The van der Waals surface area contributed by atoms with Crippen molar-refractivity contribution in [1.82, 2.24) is 5.32 Å². The molecular weight excluding hydrogens is 238 g/mol. The standard InChI is InChI=1S/C15H27N3O/c1-13(2)15(3,12-16)17-14(19)11-18-9-7-5-4-6-8-10-18/h13H,4-11H2,1-3H3,(H,17,19)/p+1/t15-/m0/s1. The van der Waals surface area contributed by atoms with Crippen LogP contribution in [0.4, 0.5) is 0 Å². The molecular formula is C15H28N3O+. The van der Waals surface area contributed by atoms with E-state index < -0.39 is 5.54 Å². The molecule has 1 amide bonds. The predicted molar refractivity (Wildman–Crippen MR) is 75.6 cm³/mol. The summed E-state index contributed by atoms with van der Waals surface area (Å²) in [7, 11) is 0. The quantitative estimate of drug-likeness (QED) is 0.794. The van der Waals surface area contributed by atoms with E-state index in [-0.39, 0.29) is 11.8 Å². The molecule has 0 aromatic rings. The minimum atomic E-state index is -0.751. The van der Waals surface area contributed by atoms with E-state index in [0.717, 1.165) is 13.1 Å². The SMILES string of the molecule is CC(C)[C@](C)(C#N)NC(=O)C[NH+]1CCCCCCC1. The molecule has 0 aromatic carbocycles. The van der Waals surface area contributed by atoms with E-state index >= 15 is 0 Å². The van der Waals surface area contributed by atoms with Gasteiger partial charge in [-0.3, -0.25) is 4.79 Å². The minimum Gasteiger partial charge on any atom is -0.333 e. The van der Waals surface area contributed by atoms with Gasteiger partial charge < -0.3 is 10.2 Å². The Hall–Kier alpha value is -1.08. The number of carbonyl (C=O) groups is 1. The highest BCUT2D eigenvalue weighted by molar-refractivity contribution is 5.78. The van der Waals surface area contributed by atoms with Crippen molar-refractivity contribution < 1.29 is 9.69 Å². The molecule has 1 fully saturated rings. The second-order valence-corrected chi connectivity index (χ2v) is 6.21. The molecule has 1 heterocycles. The smallest absolute Gasteiger partial charge is 0.276 e. The second-order valence-electron chi connectivity index (χ2n) is 6.21. The van der Waals surface area contributed by atoms with Crippen molar-refractivity contribution in [1.29, 1.82) is 5.26 Å². The monoisotopic (exact) mass is 266 g/mol. The second kappa shape index (κ2) is 7.49. The lowest BCUT2D eigenvalue weighted by Gasteiger charge is -2.28. The molecule has 0 aromatic heterocycles. The zero-order valence-electron chi connectivity index (χ0n) is 12.6. The van der Waals surface area contributed by atoms with Crippen molar-refractivity contribution in [3.8, 4) is 6.07 Å². The molecule has 0 radical (unpaired) electrons. The molecule has 19 heavy (non-hydrogen) atoms. The molecule has 4 heteroatoms. The first-order chi connectivity index (χ1) is 8.98. The third kappa shape index (κ3) is 5.20. The molecule has 0 spiro atoms. The summed E-state index contributed by atoms with van der Waals surface area (Å²) in [6.07, 6.45) is 6.32. The van der Waals surface area contributed by atoms with Crippen LogP contribution in [0.1, 0.15) is 52.9 Å². The summed E-state index contributed by atoms with van der Waals surface area (Å²) in [5.41, 5.74) is -0.751. The third-order valence-corrected chi connectivity index (χ3v) is 4.26. The van der Waals surface area contributed by atoms with Gasteiger partial charge in [-0.2, -0.15) is 5.26 Å². The number of likely N-dealkylation sites (tertiary alicyclic amines) is 1. The molecule has 0 aliphatic carbocycles. The van der Waals surface area contributed by atoms with Crippen molar-refractivity contribution in [2.24, 2.45) is 5.92 Å². The number of quaternary nitrogens is 1. The summed E-state index contributed by atoms with van der Waals surface area (Å²) in [6, 6.07) is 2.23. The van der Waals surface area contributed by atoms with Gasteiger partial charge in [0.05, 0.1) is 19.2 Å². The van der Waals surface area contributed by atoms with Gasteiger partial charge >= 0.3 is 0 Å². The van der Waals surface area contributed by atoms with Crippen LogP contribution in [-0.4, -0.2) is 31.1 Å². The highest BCUT2D eigenvalue weighted by Crippen LogP contribution is 2.14. The normalized spacial score (nSPS) is 21.0. The number of hydrogen-bond acceptors (Lipinski definition) is 2. The summed E-state index contributed by atoms with van der Waals surface area (Å²) in [5, 5.41) is 12.1. The molecule has 0 unspecified atom stereocenters. The van der Waals surface area contributed by atoms with Crippen LogP contribution in [0.3, 0.4) is 0 Å². The average molecular weight is 266 g/mol. The fourth-order valence-corrected chi connectivity index (χ4v) is 2.44. The summed E-state index contributed by atoms with van der Waals surface area (Å²) < 4.78 is 0. The van der Waals surface area contributed by atoms with E-state index in [4.69, 9.17) is 0 Å². The molecule has 1 rings (SSSR count). The van der Waals surface area contributed by atoms with E-state index in [1.165, 1.54) is 37.0 Å². The van der Waals surface area contributed by atoms with E-state index in [1.54, 1.807) is 6.92 Å². The van der Waals surface area contributed by atoms with Crippen LogP contribution in [0, 0.1) is 17.2 Å². The van der Waals surface area contributed by atoms with Gasteiger partial charge in [0.2, 0.25) is 0 Å². The Morgan fingerprint density at radius 3 is 2.26 bits per heavy atom. The molecule has 1 atom stereocenters. The van der Waals surface area contributed by atoms with Crippen LogP contribution in [0.5, 0.6) is 0 Å². The van der Waals surface area contributed by atoms with Gasteiger partial charge in [0.25, 0.3) is 5.91 Å². The molecule has 108 valence electrons. The molecule has 1 aliphatic heterocycles. The lowest BCUT2D eigenvalue weighted by molar-refractivity contribution is -0.893. The highest BCUT2D eigenvalue weighted by atomic mass is 16.2. The van der Waals surface area contributed by atoms with Crippen LogP contribution >= 0.6 is 0 Å². The van der Waals surface area contributed by atoms with Crippen molar-refractivity contribution in [2.45, 2.75) is 58.4 Å². The van der Waals surface area contributed by atoms with E-state index in [2.05, 4.69) is 11.4 Å². The molecule has 0 bridgehead atoms. The van der Waals surface area contributed by atoms with Gasteiger partial charge in [-0.15, -0.1) is 0 Å². The summed E-state index contributed by atoms with van der Waals surface area (Å²) in [5.74, 6) is 0.122. The van der Waals surface area contributed by atoms with Crippen molar-refractivity contribution >= 4 is 5.91 Å². The maximum atomic E-state index is 12.1. The zero-order valence-corrected chi connectivity index (χ0v) is 12.6. The van der Waals surface area contributed by atoms with Crippen LogP contribution in [0.15, 0.2) is 0 Å². The summed E-state index contributed by atoms with van der Waals surface area (Å²) >= 11 is 0. The summed E-state index contributed by atoms with van der Waals surface area (Å²) in [4.78, 5) is 13.5. The number of carbonyl (C=O) groups excluding carboxylic acids is 1. The van der Waals surface area contributed by atoms with Crippen LogP contribution in [0.25, 0.3) is 0 Å². The largest absolute Gasteiger partial charge is 0.333 e. The molecule has 1 aliphatic rings. The fraction of sp³-hybridized carbons (Fsp3) is 0.867. The maximum Gasteiger partial charge on any atom is 0.276 e. The first kappa shape index (κ1) is 16.0. The zero-order chi connectivity index (χ0) is 14.3. The first-order valence-corrected chi connectivity index (χ1v) is 7.54. The summed E-state index contributed by atoms with van der Waals surface area (Å²) in [6.45, 7) is 8.40. The topological polar surface area (TPSA) is 57.3 Å². The first-order valence-electron chi connectivity index (χ1n) is 7.54. The van der Waals surface area contributed by atoms with Gasteiger partial charge in [-0.1, -0.05) is 20.3 Å². The van der Waals surface area contributed by atoms with Gasteiger partial charge in [-0.05, 0) is 38.5 Å². The average Bonchev–Trinajstić information content (AvgIpc) is 2.32. The number of nitriles is 1. The fourth-order valence-electron chi connectivity index (χ4n) is 2.44. The lowest BCUT2D eigenvalue weighted by Crippen LogP contribution is -3.13. The van der Waals surface area contributed by atoms with Gasteiger partial charge in [-0.25, -0.2) is 0 Å². The van der Waals surface area contributed by atoms with Gasteiger partial charge in [0.1, 0.15) is 5.54 Å². The van der Waals surface area contributed by atoms with Crippen LogP contribution < -0.4 is 10.2 Å². The Balaban J connectivity index is 2.47. The Labute approximate surface area is 117 Å². The Kier molecular flexibility index (Phi) is 6.30. The number of nitrogens with one attached hydrogen (secondary N) is 2. The Morgan fingerprint density at radius 1 is 1.26 bits per heavy atom. The minimum absolute atomic E-state index is 0.00771. The Morgan fingerprint density at radius 2 is 1.79 bits per heavy atom. The van der Waals surface area contributed by atoms with E-state index in [0.29, 0.717) is 6.54 Å². The molecule has 4 nitrogen and oxygen atoms in total. The number of nitrogens with zero attached hydrogens (tertiary/aromatic N) is 1.